The molecule has 33 heavy (non-hydrogen) atoms. The number of carbonyl (C=O) groups is 1. The number of fused-ring (bicyclic) bond motifs is 2. The molecule has 1 amide bonds. The Morgan fingerprint density at radius 3 is 2.91 bits per heavy atom. The molecule has 6 rings (SSSR count). The van der Waals surface area contributed by atoms with Gasteiger partial charge in [-0.05, 0) is 31.2 Å². The largest absolute Gasteiger partial charge is 0.411 e. The molecule has 0 bridgehead atoms. The number of aromatic amines is 1. The molecule has 166 valence electrons. The molecule has 5 aromatic rings. The number of H-pyrrole nitrogens is 1. The molecule has 2 atom stereocenters. The Kier molecular flexibility index (Phi) is 4.41. The van der Waals surface area contributed by atoms with Gasteiger partial charge in [0.1, 0.15) is 11.7 Å². The third kappa shape index (κ3) is 3.15. The Morgan fingerprint density at radius 1 is 1.24 bits per heavy atom. The first-order valence-corrected chi connectivity index (χ1v) is 11.0. The first kappa shape index (κ1) is 19.8. The maximum absolute atomic E-state index is 13.5. The van der Waals surface area contributed by atoms with E-state index in [4.69, 9.17) is 9.52 Å². The second kappa shape index (κ2) is 7.35. The molecule has 1 unspecified atom stereocenters. The molecule has 0 fully saturated rings. The fraction of sp³-hybridized carbons (Fsp3) is 0.238. The van der Waals surface area contributed by atoms with E-state index >= 15 is 0 Å². The number of aromatic nitrogens is 8. The number of hydrogen-bond donors (Lipinski definition) is 1. The van der Waals surface area contributed by atoms with Crippen molar-refractivity contribution in [2.75, 3.05) is 6.54 Å². The van der Waals surface area contributed by atoms with Gasteiger partial charge in [0.15, 0.2) is 0 Å². The molecule has 1 aliphatic heterocycles. The van der Waals surface area contributed by atoms with Crippen LogP contribution in [0.2, 0.25) is 0 Å². The summed E-state index contributed by atoms with van der Waals surface area (Å²) in [6.45, 7) is 2.38. The summed E-state index contributed by atoms with van der Waals surface area (Å²) in [6.07, 6.45) is 2.29. The number of amides is 1. The van der Waals surface area contributed by atoms with E-state index in [9.17, 15) is 4.79 Å². The summed E-state index contributed by atoms with van der Waals surface area (Å²) in [5.74, 6) is -0.257. The minimum absolute atomic E-state index is 0.0900. The van der Waals surface area contributed by atoms with Crippen LogP contribution >= 0.6 is 9.24 Å². The van der Waals surface area contributed by atoms with E-state index in [0.717, 1.165) is 28.0 Å². The van der Waals surface area contributed by atoms with Crippen LogP contribution in [0.25, 0.3) is 17.1 Å². The molecule has 0 radical (unpaired) electrons. The summed E-state index contributed by atoms with van der Waals surface area (Å²) in [5.41, 5.74) is 5.79. The summed E-state index contributed by atoms with van der Waals surface area (Å²) < 4.78 is 9.28. The van der Waals surface area contributed by atoms with Gasteiger partial charge in [0.05, 0.1) is 28.7 Å². The van der Waals surface area contributed by atoms with E-state index < -0.39 is 6.04 Å². The lowest BCUT2D eigenvalue weighted by Crippen LogP contribution is -2.41. The van der Waals surface area contributed by atoms with Gasteiger partial charge in [0.25, 0.3) is 5.89 Å². The van der Waals surface area contributed by atoms with Gasteiger partial charge >= 0.3 is 11.8 Å². The van der Waals surface area contributed by atoms with Crippen molar-refractivity contribution < 1.29 is 9.21 Å². The van der Waals surface area contributed by atoms with Crippen LogP contribution in [0.1, 0.15) is 39.5 Å². The van der Waals surface area contributed by atoms with Crippen molar-refractivity contribution in [3.8, 4) is 11.6 Å². The lowest BCUT2D eigenvalue weighted by Gasteiger charge is -2.32. The zero-order valence-corrected chi connectivity index (χ0v) is 19.1. The van der Waals surface area contributed by atoms with Crippen LogP contribution in [0, 0.1) is 6.92 Å². The van der Waals surface area contributed by atoms with Gasteiger partial charge in [-0.15, -0.1) is 10.2 Å². The van der Waals surface area contributed by atoms with Gasteiger partial charge in [-0.3, -0.25) is 9.48 Å². The quantitative estimate of drug-likeness (QED) is 0.403. The van der Waals surface area contributed by atoms with Gasteiger partial charge < -0.3 is 14.3 Å². The van der Waals surface area contributed by atoms with Crippen molar-refractivity contribution in [1.29, 1.82) is 0 Å². The summed E-state index contributed by atoms with van der Waals surface area (Å²) in [4.78, 5) is 22.9. The zero-order valence-electron chi connectivity index (χ0n) is 17.9. The first-order valence-electron chi connectivity index (χ1n) is 10.4. The second-order valence-electron chi connectivity index (χ2n) is 7.98. The third-order valence-electron chi connectivity index (χ3n) is 5.94. The molecule has 1 N–H and O–H groups in total. The highest BCUT2D eigenvalue weighted by molar-refractivity contribution is 7.27. The van der Waals surface area contributed by atoms with E-state index in [0.29, 0.717) is 24.4 Å². The second-order valence-corrected chi connectivity index (χ2v) is 8.57. The van der Waals surface area contributed by atoms with Crippen molar-refractivity contribution in [2.45, 2.75) is 19.4 Å². The molecule has 0 spiro atoms. The summed E-state index contributed by atoms with van der Waals surface area (Å²) in [6, 6.07) is 9.22. The number of rotatable bonds is 3. The van der Waals surface area contributed by atoms with E-state index in [-0.39, 0.29) is 17.7 Å². The lowest BCUT2D eigenvalue weighted by atomic mass is 9.99. The monoisotopic (exact) mass is 461 g/mol. The molecule has 12 heteroatoms. The van der Waals surface area contributed by atoms with Crippen LogP contribution in [-0.4, -0.2) is 56.9 Å². The average Bonchev–Trinajstić information content (AvgIpc) is 3.59. The molecule has 11 nitrogen and oxygen atoms in total. The summed E-state index contributed by atoms with van der Waals surface area (Å²) in [5, 5.41) is 17.2. The number of nitrogens with one attached hydrogen (secondary N) is 1. The molecular weight excluding hydrogens is 441 g/mol. The van der Waals surface area contributed by atoms with Gasteiger partial charge in [0.2, 0.25) is 0 Å². The molecule has 0 saturated heterocycles. The molecule has 5 aromatic heterocycles. The number of hydrogen-bond acceptors (Lipinski definition) is 7. The van der Waals surface area contributed by atoms with Crippen molar-refractivity contribution in [3.05, 3.63) is 65.3 Å². The van der Waals surface area contributed by atoms with Crippen molar-refractivity contribution >= 4 is 26.1 Å². The predicted octanol–water partition coefficient (Wildman–Crippen LogP) is 1.44. The first-order chi connectivity index (χ1) is 16.0. The van der Waals surface area contributed by atoms with Crippen LogP contribution in [0.15, 0.2) is 41.1 Å². The van der Waals surface area contributed by atoms with Crippen molar-refractivity contribution in [2.24, 2.45) is 7.05 Å². The van der Waals surface area contributed by atoms with Crippen LogP contribution in [-0.2, 0) is 13.5 Å². The highest BCUT2D eigenvalue weighted by atomic mass is 31.0. The van der Waals surface area contributed by atoms with E-state index in [1.807, 2.05) is 48.8 Å². The minimum Gasteiger partial charge on any atom is -0.411 e. The topological polar surface area (TPSA) is 123 Å². The van der Waals surface area contributed by atoms with Crippen LogP contribution in [0.3, 0.4) is 0 Å². The van der Waals surface area contributed by atoms with Crippen LogP contribution in [0.5, 0.6) is 0 Å². The minimum atomic E-state index is -0.482. The average molecular weight is 461 g/mol. The van der Waals surface area contributed by atoms with Crippen molar-refractivity contribution in [1.82, 2.24) is 44.5 Å². The Labute approximate surface area is 190 Å². The Bertz CT molecular complexity index is 1490. The number of pyridine rings is 1. The lowest BCUT2D eigenvalue weighted by molar-refractivity contribution is 0.0646. The predicted molar refractivity (Wildman–Crippen MR) is 121 cm³/mol. The van der Waals surface area contributed by atoms with Gasteiger partial charge in [-0.1, -0.05) is 15.3 Å². The maximum atomic E-state index is 13.5. The van der Waals surface area contributed by atoms with E-state index in [2.05, 4.69) is 34.5 Å². The standard InChI is InChI=1S/C21H20N9O2P/c1-11-8-15(26-28(11)2)19-24-25-20(32-19)21(31)29-7-6-13-17(23-10-22-13)18(29)14-9-12-4-3-5-16(33)30(12)27-14/h3-5,8-10,18H,6-7,33H2,1-2H3,(H,22,23)/t18-/m1/s1. The fourth-order valence-electron chi connectivity index (χ4n) is 4.19. The molecule has 0 aliphatic carbocycles. The number of nitrogens with zero attached hydrogens (tertiary/aromatic N) is 8. The Balaban J connectivity index is 1.40. The maximum Gasteiger partial charge on any atom is 0.312 e. The highest BCUT2D eigenvalue weighted by Crippen LogP contribution is 2.34. The number of imidazole rings is 1. The van der Waals surface area contributed by atoms with Crippen LogP contribution in [0.4, 0.5) is 0 Å². The van der Waals surface area contributed by atoms with Gasteiger partial charge in [0, 0.05) is 31.4 Å². The molecular formula is C21H20N9O2P. The van der Waals surface area contributed by atoms with Gasteiger partial charge in [-0.25, -0.2) is 9.50 Å². The normalized spacial score (nSPS) is 15.8. The highest BCUT2D eigenvalue weighted by Gasteiger charge is 2.38. The van der Waals surface area contributed by atoms with Crippen molar-refractivity contribution in [3.63, 3.8) is 0 Å². The van der Waals surface area contributed by atoms with E-state index in [1.165, 1.54) is 0 Å². The molecule has 6 heterocycles. The van der Waals surface area contributed by atoms with Gasteiger partial charge in [-0.2, -0.15) is 10.2 Å². The zero-order chi connectivity index (χ0) is 22.7. The van der Waals surface area contributed by atoms with E-state index in [1.54, 1.807) is 15.9 Å². The fourth-order valence-corrected chi connectivity index (χ4v) is 4.50. The number of aryl methyl sites for hydroxylation is 2. The molecule has 1 aliphatic rings. The Hall–Kier alpha value is -3.85. The number of carbonyl (C=O) groups excluding carboxylic acids is 1. The summed E-state index contributed by atoms with van der Waals surface area (Å²) >= 11 is 0. The Morgan fingerprint density at radius 2 is 2.12 bits per heavy atom. The third-order valence-corrected chi connectivity index (χ3v) is 6.38. The molecule has 0 aromatic carbocycles. The molecule has 0 saturated carbocycles. The van der Waals surface area contributed by atoms with Crippen LogP contribution < -0.4 is 5.44 Å². The smallest absolute Gasteiger partial charge is 0.312 e. The summed E-state index contributed by atoms with van der Waals surface area (Å²) in [7, 11) is 4.50. The SMILES string of the molecule is Cc1cc(-c2nnc(C(=O)N3CCc4[nH]cnc4[C@H]3c3cc4cccc(P)n4n3)o2)nn1C.